The highest BCUT2D eigenvalue weighted by atomic mass is 35.5. The molecule has 0 unspecified atom stereocenters. The summed E-state index contributed by atoms with van der Waals surface area (Å²) in [5.41, 5.74) is 2.04. The van der Waals surface area contributed by atoms with Crippen LogP contribution in [0, 0.1) is 6.92 Å². The minimum Gasteiger partial charge on any atom is -0.482 e. The number of hydrogen-bond donors (Lipinski definition) is 1. The van der Waals surface area contributed by atoms with Crippen LogP contribution >= 0.6 is 23.4 Å². The van der Waals surface area contributed by atoms with E-state index in [0.717, 1.165) is 16.9 Å². The Bertz CT molecular complexity index is 1040. The van der Waals surface area contributed by atoms with Gasteiger partial charge in [-0.15, -0.1) is 16.8 Å². The number of allylic oxidation sites excluding steroid dienone is 1. The number of nitrogens with zero attached hydrogens (tertiary/aromatic N) is 3. The van der Waals surface area contributed by atoms with Crippen molar-refractivity contribution in [1.82, 2.24) is 20.1 Å². The van der Waals surface area contributed by atoms with Gasteiger partial charge in [0.15, 0.2) is 17.1 Å². The Balaban J connectivity index is 1.61. The number of carbonyl (C=O) groups excluding carboxylic acids is 1. The van der Waals surface area contributed by atoms with Crippen molar-refractivity contribution < 1.29 is 9.53 Å². The van der Waals surface area contributed by atoms with E-state index in [-0.39, 0.29) is 17.8 Å². The van der Waals surface area contributed by atoms with E-state index in [1.165, 1.54) is 11.8 Å². The van der Waals surface area contributed by atoms with Crippen LogP contribution in [0.25, 0.3) is 0 Å². The fraction of sp³-hybridized carbons (Fsp3) is 0.261. The molecule has 3 aromatic rings. The molecule has 1 heterocycles. The third-order valence-corrected chi connectivity index (χ3v) is 5.77. The highest BCUT2D eigenvalue weighted by molar-refractivity contribution is 7.99. The first-order chi connectivity index (χ1) is 15.0. The summed E-state index contributed by atoms with van der Waals surface area (Å²) in [6.07, 6.45) is 1.47. The van der Waals surface area contributed by atoms with Crippen molar-refractivity contribution >= 4 is 29.3 Å². The van der Waals surface area contributed by atoms with Crippen molar-refractivity contribution in [3.05, 3.63) is 83.2 Å². The molecular formula is C23H25ClN4O2S. The number of halogens is 1. The maximum Gasteiger partial charge on any atom is 0.230 e. The van der Waals surface area contributed by atoms with Gasteiger partial charge in [-0.1, -0.05) is 59.8 Å². The smallest absolute Gasteiger partial charge is 0.230 e. The highest BCUT2D eigenvalue weighted by Gasteiger charge is 2.20. The maximum atomic E-state index is 12.3. The van der Waals surface area contributed by atoms with Crippen LogP contribution in [0.3, 0.4) is 0 Å². The molecule has 0 bridgehead atoms. The van der Waals surface area contributed by atoms with Gasteiger partial charge >= 0.3 is 0 Å². The number of nitrogens with one attached hydrogen (secondary N) is 1. The molecule has 8 heteroatoms. The van der Waals surface area contributed by atoms with Crippen LogP contribution in [-0.2, 0) is 17.9 Å². The van der Waals surface area contributed by atoms with Crippen molar-refractivity contribution in [3.63, 3.8) is 0 Å². The van der Waals surface area contributed by atoms with E-state index < -0.39 is 0 Å². The van der Waals surface area contributed by atoms with Crippen LogP contribution in [0.2, 0.25) is 5.02 Å². The predicted octanol–water partition coefficient (Wildman–Crippen LogP) is 4.97. The SMILES string of the molecule is C=CCn1c(SCC(=O)NCc2ccc(Cl)cc2)nnc1[C@@H](C)Oc1ccccc1C. The van der Waals surface area contributed by atoms with E-state index in [2.05, 4.69) is 22.1 Å². The summed E-state index contributed by atoms with van der Waals surface area (Å²) in [6.45, 7) is 8.73. The topological polar surface area (TPSA) is 69.0 Å². The van der Waals surface area contributed by atoms with E-state index in [4.69, 9.17) is 16.3 Å². The number of carbonyl (C=O) groups is 1. The Labute approximate surface area is 191 Å². The largest absolute Gasteiger partial charge is 0.482 e. The van der Waals surface area contributed by atoms with Gasteiger partial charge < -0.3 is 10.1 Å². The van der Waals surface area contributed by atoms with Crippen LogP contribution < -0.4 is 10.1 Å². The van der Waals surface area contributed by atoms with Gasteiger partial charge in [-0.25, -0.2) is 0 Å². The first kappa shape index (κ1) is 22.9. The summed E-state index contributed by atoms with van der Waals surface area (Å²) in [5.74, 6) is 1.64. The normalized spacial score (nSPS) is 11.7. The Morgan fingerprint density at radius 1 is 1.26 bits per heavy atom. The van der Waals surface area contributed by atoms with E-state index in [9.17, 15) is 4.79 Å². The van der Waals surface area contributed by atoms with E-state index >= 15 is 0 Å². The molecule has 0 fully saturated rings. The van der Waals surface area contributed by atoms with Crippen molar-refractivity contribution in [2.45, 2.75) is 38.2 Å². The predicted molar refractivity (Wildman–Crippen MR) is 124 cm³/mol. The Hall–Kier alpha value is -2.77. The molecule has 6 nitrogen and oxygen atoms in total. The number of ether oxygens (including phenoxy) is 1. The Morgan fingerprint density at radius 3 is 2.71 bits per heavy atom. The van der Waals surface area contributed by atoms with E-state index in [1.54, 1.807) is 18.2 Å². The number of aromatic nitrogens is 3. The minimum atomic E-state index is -0.304. The molecule has 0 saturated heterocycles. The number of benzene rings is 2. The molecule has 1 amide bonds. The lowest BCUT2D eigenvalue weighted by molar-refractivity contribution is -0.118. The van der Waals surface area contributed by atoms with Crippen LogP contribution in [0.1, 0.15) is 30.0 Å². The Morgan fingerprint density at radius 2 is 2.00 bits per heavy atom. The minimum absolute atomic E-state index is 0.0844. The quantitative estimate of drug-likeness (QED) is 0.344. The second-order valence-corrected chi connectivity index (χ2v) is 8.34. The van der Waals surface area contributed by atoms with Crippen molar-refractivity contribution in [1.29, 1.82) is 0 Å². The summed E-state index contributed by atoms with van der Waals surface area (Å²) < 4.78 is 8.02. The average molecular weight is 457 g/mol. The molecule has 0 aliphatic heterocycles. The van der Waals surface area contributed by atoms with Gasteiger partial charge in [0.2, 0.25) is 5.91 Å². The zero-order valence-corrected chi connectivity index (χ0v) is 19.1. The lowest BCUT2D eigenvalue weighted by Crippen LogP contribution is -2.24. The van der Waals surface area contributed by atoms with Gasteiger partial charge in [0, 0.05) is 18.1 Å². The number of para-hydroxylation sites is 1. The summed E-state index contributed by atoms with van der Waals surface area (Å²) >= 11 is 7.22. The highest BCUT2D eigenvalue weighted by Crippen LogP contribution is 2.26. The molecule has 0 aliphatic carbocycles. The molecular weight excluding hydrogens is 432 g/mol. The van der Waals surface area contributed by atoms with Gasteiger partial charge in [0.05, 0.1) is 5.75 Å². The van der Waals surface area contributed by atoms with Crippen LogP contribution in [0.15, 0.2) is 66.3 Å². The van der Waals surface area contributed by atoms with Gasteiger partial charge in [-0.2, -0.15) is 0 Å². The molecule has 2 aromatic carbocycles. The van der Waals surface area contributed by atoms with Crippen molar-refractivity contribution in [2.24, 2.45) is 0 Å². The standard InChI is InChI=1S/C23H25ClN4O2S/c1-4-13-28-22(17(3)30-20-8-6-5-7-16(20)2)26-27-23(28)31-15-21(29)25-14-18-9-11-19(24)12-10-18/h4-12,17H,1,13-15H2,2-3H3,(H,25,29)/t17-/m1/s1. The van der Waals surface area contributed by atoms with Crippen molar-refractivity contribution in [2.75, 3.05) is 5.75 Å². The molecule has 0 radical (unpaired) electrons. The monoisotopic (exact) mass is 456 g/mol. The van der Waals surface area contributed by atoms with Crippen LogP contribution in [0.5, 0.6) is 5.75 Å². The zero-order chi connectivity index (χ0) is 22.2. The second kappa shape index (κ2) is 11.0. The molecule has 31 heavy (non-hydrogen) atoms. The number of hydrogen-bond acceptors (Lipinski definition) is 5. The molecule has 0 aliphatic rings. The van der Waals surface area contributed by atoms with Gasteiger partial charge in [0.1, 0.15) is 5.75 Å². The third kappa shape index (κ3) is 6.35. The first-order valence-electron chi connectivity index (χ1n) is 9.88. The lowest BCUT2D eigenvalue weighted by atomic mass is 10.2. The molecule has 0 spiro atoms. The van der Waals surface area contributed by atoms with E-state index in [0.29, 0.717) is 29.1 Å². The van der Waals surface area contributed by atoms with Gasteiger partial charge in [-0.05, 0) is 43.2 Å². The number of aryl methyl sites for hydroxylation is 1. The average Bonchev–Trinajstić information content (AvgIpc) is 3.16. The van der Waals surface area contributed by atoms with Crippen LogP contribution in [-0.4, -0.2) is 26.4 Å². The van der Waals surface area contributed by atoms with Crippen LogP contribution in [0.4, 0.5) is 0 Å². The number of rotatable bonds is 10. The molecule has 3 rings (SSSR count). The lowest BCUT2D eigenvalue weighted by Gasteiger charge is -2.17. The first-order valence-corrected chi connectivity index (χ1v) is 11.2. The maximum absolute atomic E-state index is 12.3. The fourth-order valence-corrected chi connectivity index (χ4v) is 3.83. The number of amides is 1. The molecule has 1 aromatic heterocycles. The van der Waals surface area contributed by atoms with Gasteiger partial charge in [-0.3, -0.25) is 9.36 Å². The summed E-state index contributed by atoms with van der Waals surface area (Å²) in [7, 11) is 0. The van der Waals surface area contributed by atoms with Gasteiger partial charge in [0.25, 0.3) is 0 Å². The molecule has 1 N–H and O–H groups in total. The second-order valence-electron chi connectivity index (χ2n) is 6.96. The summed E-state index contributed by atoms with van der Waals surface area (Å²) in [5, 5.41) is 12.8. The summed E-state index contributed by atoms with van der Waals surface area (Å²) in [4.78, 5) is 12.3. The third-order valence-electron chi connectivity index (χ3n) is 4.55. The van der Waals surface area contributed by atoms with E-state index in [1.807, 2.05) is 54.8 Å². The number of thioether (sulfide) groups is 1. The summed E-state index contributed by atoms with van der Waals surface area (Å²) in [6, 6.07) is 15.2. The molecule has 0 saturated carbocycles. The zero-order valence-electron chi connectivity index (χ0n) is 17.5. The fourth-order valence-electron chi connectivity index (χ4n) is 2.92. The molecule has 1 atom stereocenters. The molecule has 162 valence electrons. The Kier molecular flexibility index (Phi) is 8.14. The van der Waals surface area contributed by atoms with Crippen molar-refractivity contribution in [3.8, 4) is 5.75 Å².